The number of nitrogens with zero attached hydrogens (tertiary/aromatic N) is 2. The molecule has 0 saturated carbocycles. The van der Waals surface area contributed by atoms with Crippen LogP contribution in [-0.4, -0.2) is 22.5 Å². The molecule has 0 aliphatic rings. The maximum atomic E-state index is 11.5. The van der Waals surface area contributed by atoms with E-state index in [1.807, 2.05) is 28.7 Å². The predicted octanol–water partition coefficient (Wildman–Crippen LogP) is 3.44. The lowest BCUT2D eigenvalue weighted by atomic mass is 10.2. The number of hydrogen-bond acceptors (Lipinski definition) is 3. The molecule has 20 heavy (non-hydrogen) atoms. The largest absolute Gasteiger partial charge is 0.465 e. The van der Waals surface area contributed by atoms with Crippen molar-refractivity contribution in [2.45, 2.75) is 0 Å². The summed E-state index contributed by atoms with van der Waals surface area (Å²) in [6, 6.07) is 10.9. The van der Waals surface area contributed by atoms with Gasteiger partial charge < -0.3 is 4.74 Å². The molecule has 3 aromatic rings. The van der Waals surface area contributed by atoms with Crippen LogP contribution < -0.4 is 0 Å². The minimum absolute atomic E-state index is 0.368. The number of halogens is 1. The molecule has 5 heteroatoms. The third-order valence-electron chi connectivity index (χ3n) is 3.07. The highest BCUT2D eigenvalue weighted by Crippen LogP contribution is 2.27. The highest BCUT2D eigenvalue weighted by atomic mass is 35.5. The number of benzene rings is 1. The lowest BCUT2D eigenvalue weighted by Crippen LogP contribution is -2.01. The molecular weight excluding hydrogens is 276 g/mol. The quantitative estimate of drug-likeness (QED) is 0.678. The fourth-order valence-electron chi connectivity index (χ4n) is 2.09. The van der Waals surface area contributed by atoms with E-state index >= 15 is 0 Å². The zero-order chi connectivity index (χ0) is 14.1. The summed E-state index contributed by atoms with van der Waals surface area (Å²) in [4.78, 5) is 15.9. The maximum absolute atomic E-state index is 11.5. The van der Waals surface area contributed by atoms with Crippen LogP contribution in [0.4, 0.5) is 0 Å². The van der Waals surface area contributed by atoms with Gasteiger partial charge in [-0.25, -0.2) is 9.78 Å². The average Bonchev–Trinajstić information content (AvgIpc) is 2.90. The number of rotatable bonds is 2. The molecule has 0 fully saturated rings. The first-order chi connectivity index (χ1) is 9.70. The van der Waals surface area contributed by atoms with Crippen LogP contribution in [0.5, 0.6) is 0 Å². The Morgan fingerprint density at radius 3 is 2.85 bits per heavy atom. The van der Waals surface area contributed by atoms with Crippen molar-refractivity contribution in [1.29, 1.82) is 0 Å². The topological polar surface area (TPSA) is 43.6 Å². The van der Waals surface area contributed by atoms with Crippen molar-refractivity contribution < 1.29 is 9.53 Å². The number of aromatic nitrogens is 2. The number of pyridine rings is 1. The summed E-state index contributed by atoms with van der Waals surface area (Å²) in [6.45, 7) is 0. The zero-order valence-corrected chi connectivity index (χ0v) is 11.5. The number of esters is 1. The number of carbonyl (C=O) groups excluding carboxylic acids is 1. The van der Waals surface area contributed by atoms with Gasteiger partial charge in [0.05, 0.1) is 29.4 Å². The van der Waals surface area contributed by atoms with Crippen molar-refractivity contribution in [3.8, 4) is 11.4 Å². The lowest BCUT2D eigenvalue weighted by molar-refractivity contribution is 0.0600. The fraction of sp³-hybridized carbons (Fsp3) is 0.0667. The summed E-state index contributed by atoms with van der Waals surface area (Å²) in [5.41, 5.74) is 2.15. The molecule has 3 rings (SSSR count). The minimum atomic E-state index is -0.368. The van der Waals surface area contributed by atoms with E-state index in [9.17, 15) is 4.79 Å². The fourth-order valence-corrected chi connectivity index (χ4v) is 2.31. The SMILES string of the molecule is COC(=O)c1ccn2c(-c3ccccc3Cl)ncc2c1. The number of imidazole rings is 1. The molecule has 1 aromatic carbocycles. The second kappa shape index (κ2) is 4.98. The summed E-state index contributed by atoms with van der Waals surface area (Å²) in [5.74, 6) is 0.370. The van der Waals surface area contributed by atoms with Gasteiger partial charge in [-0.3, -0.25) is 4.40 Å². The molecule has 0 aliphatic carbocycles. The van der Waals surface area contributed by atoms with Crippen molar-refractivity contribution in [3.05, 3.63) is 59.4 Å². The van der Waals surface area contributed by atoms with Crippen LogP contribution in [0.1, 0.15) is 10.4 Å². The van der Waals surface area contributed by atoms with E-state index in [2.05, 4.69) is 4.98 Å². The van der Waals surface area contributed by atoms with Gasteiger partial charge in [-0.05, 0) is 24.3 Å². The van der Waals surface area contributed by atoms with E-state index in [4.69, 9.17) is 16.3 Å². The smallest absolute Gasteiger partial charge is 0.337 e. The van der Waals surface area contributed by atoms with Gasteiger partial charge in [0.15, 0.2) is 0 Å². The molecular formula is C15H11ClN2O2. The Bertz CT molecular complexity index is 795. The predicted molar refractivity (Wildman–Crippen MR) is 77.0 cm³/mol. The molecule has 0 unspecified atom stereocenters. The summed E-state index contributed by atoms with van der Waals surface area (Å²) < 4.78 is 6.59. The number of carbonyl (C=O) groups is 1. The maximum Gasteiger partial charge on any atom is 0.337 e. The summed E-state index contributed by atoms with van der Waals surface area (Å²) in [7, 11) is 1.36. The molecule has 0 atom stereocenters. The second-order valence-corrected chi connectivity index (χ2v) is 4.67. The minimum Gasteiger partial charge on any atom is -0.465 e. The Morgan fingerprint density at radius 2 is 2.10 bits per heavy atom. The highest BCUT2D eigenvalue weighted by molar-refractivity contribution is 6.33. The Hall–Kier alpha value is -2.33. The molecule has 0 N–H and O–H groups in total. The highest BCUT2D eigenvalue weighted by Gasteiger charge is 2.12. The number of ether oxygens (including phenoxy) is 1. The molecule has 100 valence electrons. The molecule has 0 saturated heterocycles. The van der Waals surface area contributed by atoms with Crippen LogP contribution in [0, 0.1) is 0 Å². The Morgan fingerprint density at radius 1 is 1.30 bits per heavy atom. The van der Waals surface area contributed by atoms with E-state index in [1.54, 1.807) is 24.5 Å². The van der Waals surface area contributed by atoms with Crippen LogP contribution in [-0.2, 0) is 4.74 Å². The van der Waals surface area contributed by atoms with Crippen molar-refractivity contribution in [3.63, 3.8) is 0 Å². The Balaban J connectivity index is 2.16. The van der Waals surface area contributed by atoms with Gasteiger partial charge in [-0.15, -0.1) is 0 Å². The van der Waals surface area contributed by atoms with Gasteiger partial charge >= 0.3 is 5.97 Å². The molecule has 4 nitrogen and oxygen atoms in total. The van der Waals surface area contributed by atoms with Gasteiger partial charge in [-0.2, -0.15) is 0 Å². The van der Waals surface area contributed by atoms with Gasteiger partial charge in [0.25, 0.3) is 0 Å². The van der Waals surface area contributed by atoms with E-state index in [1.165, 1.54) is 7.11 Å². The first-order valence-electron chi connectivity index (χ1n) is 6.01. The third-order valence-corrected chi connectivity index (χ3v) is 3.40. The summed E-state index contributed by atoms with van der Waals surface area (Å²) >= 11 is 6.19. The summed E-state index contributed by atoms with van der Waals surface area (Å²) in [6.07, 6.45) is 3.48. The lowest BCUT2D eigenvalue weighted by Gasteiger charge is -2.05. The Labute approximate surface area is 120 Å². The summed E-state index contributed by atoms with van der Waals surface area (Å²) in [5, 5.41) is 0.636. The standard InChI is InChI=1S/C15H11ClN2O2/c1-20-15(19)10-6-7-18-11(8-10)9-17-14(18)12-4-2-3-5-13(12)16/h2-9H,1H3. The van der Waals surface area contributed by atoms with Crippen LogP contribution in [0.15, 0.2) is 48.8 Å². The number of hydrogen-bond donors (Lipinski definition) is 0. The van der Waals surface area contributed by atoms with Crippen molar-refractivity contribution in [2.24, 2.45) is 0 Å². The van der Waals surface area contributed by atoms with E-state index < -0.39 is 0 Å². The van der Waals surface area contributed by atoms with E-state index in [0.717, 1.165) is 16.9 Å². The zero-order valence-electron chi connectivity index (χ0n) is 10.7. The molecule has 2 aromatic heterocycles. The first kappa shape index (κ1) is 12.7. The molecule has 0 bridgehead atoms. The normalized spacial score (nSPS) is 10.7. The van der Waals surface area contributed by atoms with E-state index in [-0.39, 0.29) is 5.97 Å². The number of fused-ring (bicyclic) bond motifs is 1. The van der Waals surface area contributed by atoms with Crippen molar-refractivity contribution in [2.75, 3.05) is 7.11 Å². The third kappa shape index (κ3) is 2.04. The molecule has 0 aliphatic heterocycles. The van der Waals surface area contributed by atoms with Gasteiger partial charge in [0, 0.05) is 11.8 Å². The van der Waals surface area contributed by atoms with Gasteiger partial charge in [0.2, 0.25) is 0 Å². The first-order valence-corrected chi connectivity index (χ1v) is 6.39. The Kier molecular flexibility index (Phi) is 3.16. The second-order valence-electron chi connectivity index (χ2n) is 4.26. The average molecular weight is 287 g/mol. The van der Waals surface area contributed by atoms with Crippen LogP contribution in [0.25, 0.3) is 16.9 Å². The number of methoxy groups -OCH3 is 1. The molecule has 0 spiro atoms. The van der Waals surface area contributed by atoms with Crippen molar-refractivity contribution in [1.82, 2.24) is 9.38 Å². The van der Waals surface area contributed by atoms with Crippen LogP contribution in [0.3, 0.4) is 0 Å². The van der Waals surface area contributed by atoms with E-state index in [0.29, 0.717) is 10.6 Å². The molecule has 0 amide bonds. The van der Waals surface area contributed by atoms with Crippen molar-refractivity contribution >= 4 is 23.1 Å². The van der Waals surface area contributed by atoms with Crippen LogP contribution >= 0.6 is 11.6 Å². The monoisotopic (exact) mass is 286 g/mol. The van der Waals surface area contributed by atoms with Gasteiger partial charge in [-0.1, -0.05) is 23.7 Å². The molecule has 0 radical (unpaired) electrons. The van der Waals surface area contributed by atoms with Gasteiger partial charge in [0.1, 0.15) is 5.82 Å². The van der Waals surface area contributed by atoms with Crippen LogP contribution in [0.2, 0.25) is 5.02 Å². The molecule has 2 heterocycles.